The summed E-state index contributed by atoms with van der Waals surface area (Å²) in [5.74, 6) is 1.43. The number of hydrogen-bond acceptors (Lipinski definition) is 2. The number of aromatic nitrogens is 2. The molecular formula is C24H27Cl2N3O. The van der Waals surface area contributed by atoms with Gasteiger partial charge in [0.2, 0.25) is 5.91 Å². The SMILES string of the molecule is O=C(NCCCc1nc2ccccc2n1Cc1ccc(Cl)cc1Cl)C1CCCCC1. The first-order chi connectivity index (χ1) is 14.6. The molecule has 0 spiro atoms. The molecule has 0 radical (unpaired) electrons. The number of aryl methyl sites for hydroxylation is 1. The lowest BCUT2D eigenvalue weighted by Gasteiger charge is -2.20. The number of benzene rings is 2. The molecule has 0 atom stereocenters. The number of fused-ring (bicyclic) bond motifs is 1. The average Bonchev–Trinajstić information content (AvgIpc) is 3.11. The second kappa shape index (κ2) is 9.84. The molecule has 1 aromatic heterocycles. The maximum atomic E-state index is 12.4. The largest absolute Gasteiger partial charge is 0.356 e. The Balaban J connectivity index is 1.44. The van der Waals surface area contributed by atoms with Gasteiger partial charge in [-0.1, -0.05) is 60.7 Å². The van der Waals surface area contributed by atoms with Gasteiger partial charge in [-0.15, -0.1) is 0 Å². The van der Waals surface area contributed by atoms with Crippen molar-refractivity contribution in [1.29, 1.82) is 0 Å². The predicted molar refractivity (Wildman–Crippen MR) is 123 cm³/mol. The van der Waals surface area contributed by atoms with Crippen molar-refractivity contribution >= 4 is 40.1 Å². The van der Waals surface area contributed by atoms with E-state index in [0.29, 0.717) is 23.1 Å². The number of hydrogen-bond donors (Lipinski definition) is 1. The minimum absolute atomic E-state index is 0.204. The van der Waals surface area contributed by atoms with Crippen LogP contribution in [-0.4, -0.2) is 22.0 Å². The molecule has 6 heteroatoms. The molecule has 1 N–H and O–H groups in total. The minimum Gasteiger partial charge on any atom is -0.356 e. The molecule has 0 bridgehead atoms. The zero-order valence-corrected chi connectivity index (χ0v) is 18.6. The fourth-order valence-electron chi connectivity index (χ4n) is 4.28. The van der Waals surface area contributed by atoms with Crippen molar-refractivity contribution in [2.45, 2.75) is 51.5 Å². The summed E-state index contributed by atoms with van der Waals surface area (Å²) in [5, 5.41) is 4.42. The molecule has 1 aliphatic rings. The number of para-hydroxylation sites is 2. The molecule has 30 heavy (non-hydrogen) atoms. The van der Waals surface area contributed by atoms with Gasteiger partial charge < -0.3 is 9.88 Å². The van der Waals surface area contributed by atoms with E-state index in [-0.39, 0.29) is 11.8 Å². The molecule has 158 valence electrons. The molecule has 0 saturated heterocycles. The Kier molecular flexibility index (Phi) is 6.96. The third-order valence-electron chi connectivity index (χ3n) is 5.93. The van der Waals surface area contributed by atoms with Gasteiger partial charge in [0.05, 0.1) is 17.6 Å². The van der Waals surface area contributed by atoms with E-state index in [0.717, 1.165) is 48.1 Å². The number of amides is 1. The standard InChI is InChI=1S/C24H27Cl2N3O/c25-19-13-12-18(20(26)15-19)16-29-22-10-5-4-9-21(22)28-23(29)11-6-14-27-24(30)17-7-2-1-3-8-17/h4-5,9-10,12-13,15,17H,1-3,6-8,11,14,16H2,(H,27,30). The van der Waals surface area contributed by atoms with Gasteiger partial charge in [0.15, 0.2) is 0 Å². The first-order valence-electron chi connectivity index (χ1n) is 10.8. The number of halogens is 2. The summed E-state index contributed by atoms with van der Waals surface area (Å²) in [5.41, 5.74) is 3.07. The van der Waals surface area contributed by atoms with Crippen molar-refractivity contribution < 1.29 is 4.79 Å². The lowest BCUT2D eigenvalue weighted by atomic mass is 9.89. The fourth-order valence-corrected chi connectivity index (χ4v) is 4.75. The number of carbonyl (C=O) groups is 1. The molecule has 0 unspecified atom stereocenters. The molecule has 3 aromatic rings. The van der Waals surface area contributed by atoms with Gasteiger partial charge in [-0.25, -0.2) is 4.98 Å². The van der Waals surface area contributed by atoms with Crippen molar-refractivity contribution in [3.05, 3.63) is 63.9 Å². The summed E-state index contributed by atoms with van der Waals surface area (Å²) in [6.45, 7) is 1.32. The van der Waals surface area contributed by atoms with Gasteiger partial charge in [0.1, 0.15) is 5.82 Å². The summed E-state index contributed by atoms with van der Waals surface area (Å²) in [4.78, 5) is 17.2. The summed E-state index contributed by atoms with van der Waals surface area (Å²) in [7, 11) is 0. The molecule has 1 aliphatic carbocycles. The first-order valence-corrected chi connectivity index (χ1v) is 11.5. The van der Waals surface area contributed by atoms with Crippen LogP contribution in [0, 0.1) is 5.92 Å². The van der Waals surface area contributed by atoms with Crippen molar-refractivity contribution in [3.63, 3.8) is 0 Å². The van der Waals surface area contributed by atoms with Gasteiger partial charge in [-0.3, -0.25) is 4.79 Å². The van der Waals surface area contributed by atoms with Crippen molar-refractivity contribution in [2.24, 2.45) is 5.92 Å². The van der Waals surface area contributed by atoms with E-state index in [4.69, 9.17) is 28.2 Å². The zero-order valence-electron chi connectivity index (χ0n) is 17.0. The van der Waals surface area contributed by atoms with Crippen LogP contribution in [0.4, 0.5) is 0 Å². The molecular weight excluding hydrogens is 417 g/mol. The molecule has 4 rings (SSSR count). The third kappa shape index (κ3) is 4.98. The highest BCUT2D eigenvalue weighted by molar-refractivity contribution is 6.35. The van der Waals surface area contributed by atoms with Crippen LogP contribution in [0.3, 0.4) is 0 Å². The number of carbonyl (C=O) groups excluding carboxylic acids is 1. The topological polar surface area (TPSA) is 46.9 Å². The van der Waals surface area contributed by atoms with E-state index >= 15 is 0 Å². The number of nitrogens with zero attached hydrogens (tertiary/aromatic N) is 2. The number of rotatable bonds is 7. The normalized spacial score (nSPS) is 14.9. The van der Waals surface area contributed by atoms with E-state index < -0.39 is 0 Å². The minimum atomic E-state index is 0.204. The van der Waals surface area contributed by atoms with Crippen LogP contribution in [0.1, 0.15) is 49.9 Å². The molecule has 2 aromatic carbocycles. The van der Waals surface area contributed by atoms with Crippen LogP contribution in [0.2, 0.25) is 10.0 Å². The molecule has 4 nitrogen and oxygen atoms in total. The smallest absolute Gasteiger partial charge is 0.223 e. The Labute approximate surface area is 187 Å². The van der Waals surface area contributed by atoms with Crippen LogP contribution < -0.4 is 5.32 Å². The summed E-state index contributed by atoms with van der Waals surface area (Å²) >= 11 is 12.5. The Morgan fingerprint density at radius 1 is 1.10 bits per heavy atom. The highest BCUT2D eigenvalue weighted by atomic mass is 35.5. The Bertz CT molecular complexity index is 1020. The van der Waals surface area contributed by atoms with E-state index in [9.17, 15) is 4.79 Å². The van der Waals surface area contributed by atoms with Gasteiger partial charge >= 0.3 is 0 Å². The highest BCUT2D eigenvalue weighted by Crippen LogP contribution is 2.25. The Morgan fingerprint density at radius 2 is 1.90 bits per heavy atom. The van der Waals surface area contributed by atoms with Crippen LogP contribution in [0.15, 0.2) is 42.5 Å². The second-order valence-corrected chi connectivity index (χ2v) is 8.91. The Hall–Kier alpha value is -2.04. The number of imidazole rings is 1. The average molecular weight is 444 g/mol. The van der Waals surface area contributed by atoms with Gasteiger partial charge in [0.25, 0.3) is 0 Å². The monoisotopic (exact) mass is 443 g/mol. The molecule has 1 amide bonds. The van der Waals surface area contributed by atoms with Gasteiger partial charge in [-0.05, 0) is 49.1 Å². The van der Waals surface area contributed by atoms with E-state index in [1.165, 1.54) is 19.3 Å². The lowest BCUT2D eigenvalue weighted by molar-refractivity contribution is -0.125. The summed E-state index contributed by atoms with van der Waals surface area (Å²) < 4.78 is 2.22. The van der Waals surface area contributed by atoms with Gasteiger partial charge in [-0.2, -0.15) is 0 Å². The summed E-state index contributed by atoms with van der Waals surface area (Å²) in [6.07, 6.45) is 7.33. The van der Waals surface area contributed by atoms with Crippen molar-refractivity contribution in [2.75, 3.05) is 6.54 Å². The van der Waals surface area contributed by atoms with Crippen molar-refractivity contribution in [1.82, 2.24) is 14.9 Å². The molecule has 1 fully saturated rings. The maximum Gasteiger partial charge on any atom is 0.223 e. The van der Waals surface area contributed by atoms with Crippen LogP contribution in [0.5, 0.6) is 0 Å². The molecule has 0 aliphatic heterocycles. The van der Waals surface area contributed by atoms with E-state index in [2.05, 4.69) is 16.0 Å². The number of nitrogens with one attached hydrogen (secondary N) is 1. The maximum absolute atomic E-state index is 12.4. The highest BCUT2D eigenvalue weighted by Gasteiger charge is 2.20. The van der Waals surface area contributed by atoms with Gasteiger partial charge in [0, 0.05) is 28.9 Å². The Morgan fingerprint density at radius 3 is 2.70 bits per heavy atom. The molecule has 1 saturated carbocycles. The van der Waals surface area contributed by atoms with Crippen molar-refractivity contribution in [3.8, 4) is 0 Å². The van der Waals surface area contributed by atoms with E-state index in [1.54, 1.807) is 6.07 Å². The van der Waals surface area contributed by atoms with Crippen LogP contribution in [-0.2, 0) is 17.8 Å². The van der Waals surface area contributed by atoms with E-state index in [1.807, 2.05) is 30.3 Å². The fraction of sp³-hybridized carbons (Fsp3) is 0.417. The first kappa shape index (κ1) is 21.2. The summed E-state index contributed by atoms with van der Waals surface area (Å²) in [6, 6.07) is 13.7. The lowest BCUT2D eigenvalue weighted by Crippen LogP contribution is -2.32. The second-order valence-electron chi connectivity index (χ2n) is 8.07. The van der Waals surface area contributed by atoms with Crippen LogP contribution in [0.25, 0.3) is 11.0 Å². The zero-order chi connectivity index (χ0) is 20.9. The van der Waals surface area contributed by atoms with Crippen LogP contribution >= 0.6 is 23.2 Å². The third-order valence-corrected chi connectivity index (χ3v) is 6.52. The molecule has 1 heterocycles. The quantitative estimate of drug-likeness (QED) is 0.453. The predicted octanol–water partition coefficient (Wildman–Crippen LogP) is 6.02.